The summed E-state index contributed by atoms with van der Waals surface area (Å²) >= 11 is 0. The molecule has 5 heteroatoms. The lowest BCUT2D eigenvalue weighted by Gasteiger charge is -2.00. The van der Waals surface area contributed by atoms with E-state index in [0.29, 0.717) is 0 Å². The molecule has 0 fully saturated rings. The first-order valence-electron chi connectivity index (χ1n) is 3.63. The molecule has 0 saturated heterocycles. The minimum Gasteiger partial charge on any atom is -0.308 e. The highest BCUT2D eigenvalue weighted by Crippen LogP contribution is 2.27. The Morgan fingerprint density at radius 2 is 1.85 bits per heavy atom. The van der Waals surface area contributed by atoms with Gasteiger partial charge in [0.25, 0.3) is 0 Å². The fraction of sp³-hybridized carbons (Fsp3) is 0. The lowest BCUT2D eigenvalue weighted by Crippen LogP contribution is -1.98. The molecule has 0 aliphatic heterocycles. The van der Waals surface area contributed by atoms with Crippen LogP contribution in [-0.2, 0) is 4.57 Å². The summed E-state index contributed by atoms with van der Waals surface area (Å²) in [7, 11) is -4.14. The summed E-state index contributed by atoms with van der Waals surface area (Å²) in [5, 5.41) is 1.96. The molecule has 0 heterocycles. The molecule has 0 aliphatic carbocycles. The van der Waals surface area contributed by atoms with Crippen molar-refractivity contribution in [3.8, 4) is 0 Å². The Morgan fingerprint density at radius 1 is 1.23 bits per heavy atom. The third kappa shape index (κ3) is 4.48. The normalized spacial score (nSPS) is 11.8. The molecule has 0 aliphatic rings. The third-order valence-electron chi connectivity index (χ3n) is 1.32. The minimum absolute atomic E-state index is 0.878. The van der Waals surface area contributed by atoms with Crippen LogP contribution in [0.2, 0.25) is 0 Å². The molecule has 0 aromatic heterocycles. The van der Waals surface area contributed by atoms with Gasteiger partial charge < -0.3 is 9.79 Å². The predicted octanol–water partition coefficient (Wildman–Crippen LogP) is 1.34. The Hall–Kier alpha value is -1.09. The van der Waals surface area contributed by atoms with Gasteiger partial charge in [0.15, 0.2) is 0 Å². The van der Waals surface area contributed by atoms with Crippen molar-refractivity contribution in [3.05, 3.63) is 42.1 Å². The van der Waals surface area contributed by atoms with Crippen LogP contribution in [0.25, 0.3) is 6.08 Å². The van der Waals surface area contributed by atoms with Crippen LogP contribution in [-0.4, -0.2) is 9.79 Å². The van der Waals surface area contributed by atoms with Crippen LogP contribution < -0.4 is 5.09 Å². The maximum absolute atomic E-state index is 10.4. The largest absolute Gasteiger partial charge is 0.427 e. The molecule has 70 valence electrons. The fourth-order valence-corrected chi connectivity index (χ4v) is 1.06. The highest BCUT2D eigenvalue weighted by molar-refractivity contribution is 7.49. The van der Waals surface area contributed by atoms with E-state index in [0.717, 1.165) is 5.56 Å². The predicted molar refractivity (Wildman–Crippen MR) is 50.7 cm³/mol. The minimum atomic E-state index is -4.14. The number of rotatable bonds is 3. The molecule has 0 spiro atoms. The Balaban J connectivity index is 2.56. The van der Waals surface area contributed by atoms with E-state index in [9.17, 15) is 4.57 Å². The van der Waals surface area contributed by atoms with Gasteiger partial charge in [0.1, 0.15) is 0 Å². The summed E-state index contributed by atoms with van der Waals surface area (Å²) in [5.41, 5.74) is 0.878. The molecule has 0 radical (unpaired) electrons. The summed E-state index contributed by atoms with van der Waals surface area (Å²) < 4.78 is 10.4. The topological polar surface area (TPSA) is 69.6 Å². The maximum atomic E-state index is 10.4. The van der Waals surface area contributed by atoms with Crippen LogP contribution in [0, 0.1) is 0 Å². The molecular formula is C8H10NO3P. The van der Waals surface area contributed by atoms with E-state index in [4.69, 9.17) is 9.79 Å². The molecule has 0 saturated carbocycles. The molecule has 1 rings (SSSR count). The summed E-state index contributed by atoms with van der Waals surface area (Å²) in [6, 6.07) is 9.22. The van der Waals surface area contributed by atoms with Crippen LogP contribution in [0.1, 0.15) is 5.56 Å². The molecule has 1 aromatic carbocycles. The van der Waals surface area contributed by atoms with Gasteiger partial charge in [0.05, 0.1) is 0 Å². The highest BCUT2D eigenvalue weighted by atomic mass is 31.2. The summed E-state index contributed by atoms with van der Waals surface area (Å²) in [4.78, 5) is 16.9. The van der Waals surface area contributed by atoms with Crippen molar-refractivity contribution >= 4 is 13.8 Å². The van der Waals surface area contributed by atoms with Gasteiger partial charge in [-0.2, -0.15) is 0 Å². The molecule has 1 aromatic rings. The molecular weight excluding hydrogens is 189 g/mol. The molecule has 0 amide bonds. The second kappa shape index (κ2) is 4.23. The molecule has 0 atom stereocenters. The third-order valence-corrected chi connectivity index (χ3v) is 1.80. The monoisotopic (exact) mass is 199 g/mol. The average molecular weight is 199 g/mol. The van der Waals surface area contributed by atoms with E-state index >= 15 is 0 Å². The van der Waals surface area contributed by atoms with E-state index in [1.165, 1.54) is 6.20 Å². The maximum Gasteiger partial charge on any atom is 0.427 e. The van der Waals surface area contributed by atoms with Crippen LogP contribution in [0.4, 0.5) is 0 Å². The first kappa shape index (κ1) is 9.99. The first-order valence-corrected chi connectivity index (χ1v) is 5.24. The quantitative estimate of drug-likeness (QED) is 0.642. The average Bonchev–Trinajstić information content (AvgIpc) is 2.04. The Labute approximate surface area is 76.1 Å². The van der Waals surface area contributed by atoms with Crippen molar-refractivity contribution in [2.45, 2.75) is 0 Å². The van der Waals surface area contributed by atoms with E-state index < -0.39 is 7.75 Å². The summed E-state index contributed by atoms with van der Waals surface area (Å²) in [6.07, 6.45) is 2.81. The van der Waals surface area contributed by atoms with E-state index in [1.54, 1.807) is 6.08 Å². The van der Waals surface area contributed by atoms with Crippen molar-refractivity contribution in [3.63, 3.8) is 0 Å². The Kier molecular flexibility index (Phi) is 3.25. The van der Waals surface area contributed by atoms with Crippen LogP contribution in [0.5, 0.6) is 0 Å². The van der Waals surface area contributed by atoms with Crippen molar-refractivity contribution in [2.24, 2.45) is 0 Å². The van der Waals surface area contributed by atoms with Gasteiger partial charge in [-0.25, -0.2) is 4.57 Å². The van der Waals surface area contributed by atoms with Gasteiger partial charge in [-0.05, 0) is 11.6 Å². The smallest absolute Gasteiger partial charge is 0.308 e. The zero-order valence-corrected chi connectivity index (χ0v) is 7.69. The van der Waals surface area contributed by atoms with E-state index in [-0.39, 0.29) is 0 Å². The van der Waals surface area contributed by atoms with Crippen LogP contribution in [0.3, 0.4) is 0 Å². The first-order chi connectivity index (χ1) is 6.08. The number of hydrogen-bond donors (Lipinski definition) is 3. The van der Waals surface area contributed by atoms with Gasteiger partial charge in [0.2, 0.25) is 0 Å². The molecule has 0 bridgehead atoms. The van der Waals surface area contributed by atoms with Crippen molar-refractivity contribution in [2.75, 3.05) is 0 Å². The van der Waals surface area contributed by atoms with Gasteiger partial charge in [0, 0.05) is 6.20 Å². The standard InChI is InChI=1S/C8H10NO3P/c10-13(11,12)9-7-6-8-4-2-1-3-5-8/h1-7H,(H3,9,10,11,12). The number of hydrogen-bond acceptors (Lipinski definition) is 1. The van der Waals surface area contributed by atoms with Gasteiger partial charge >= 0.3 is 7.75 Å². The summed E-state index contributed by atoms with van der Waals surface area (Å²) in [6.45, 7) is 0. The Bertz CT molecular complexity index is 331. The second-order valence-electron chi connectivity index (χ2n) is 2.42. The van der Waals surface area contributed by atoms with Gasteiger partial charge in [-0.15, -0.1) is 0 Å². The van der Waals surface area contributed by atoms with Crippen molar-refractivity contribution in [1.29, 1.82) is 0 Å². The van der Waals surface area contributed by atoms with Crippen LogP contribution in [0.15, 0.2) is 36.5 Å². The van der Waals surface area contributed by atoms with Crippen molar-refractivity contribution < 1.29 is 14.4 Å². The van der Waals surface area contributed by atoms with E-state index in [2.05, 4.69) is 0 Å². The van der Waals surface area contributed by atoms with Gasteiger partial charge in [-0.1, -0.05) is 30.3 Å². The molecule has 3 N–H and O–H groups in total. The Morgan fingerprint density at radius 3 is 2.38 bits per heavy atom. The lowest BCUT2D eigenvalue weighted by atomic mass is 10.2. The second-order valence-corrected chi connectivity index (χ2v) is 3.76. The summed E-state index contributed by atoms with van der Waals surface area (Å²) in [5.74, 6) is 0. The zero-order chi connectivity index (χ0) is 9.73. The lowest BCUT2D eigenvalue weighted by molar-refractivity contribution is 0.365. The molecule has 4 nitrogen and oxygen atoms in total. The number of benzene rings is 1. The fourth-order valence-electron chi connectivity index (χ4n) is 0.795. The zero-order valence-electron chi connectivity index (χ0n) is 6.79. The van der Waals surface area contributed by atoms with Crippen LogP contribution >= 0.6 is 7.75 Å². The van der Waals surface area contributed by atoms with E-state index in [1.807, 2.05) is 35.4 Å². The highest BCUT2D eigenvalue weighted by Gasteiger charge is 2.06. The SMILES string of the molecule is O=P(O)(O)NC=Cc1ccccc1. The van der Waals surface area contributed by atoms with Crippen molar-refractivity contribution in [1.82, 2.24) is 5.09 Å². The number of nitrogens with one attached hydrogen (secondary N) is 1. The molecule has 0 unspecified atom stereocenters. The van der Waals surface area contributed by atoms with Gasteiger partial charge in [-0.3, -0.25) is 5.09 Å². The molecule has 13 heavy (non-hydrogen) atoms.